The molecule has 2 N–H and O–H groups in total. The maximum absolute atomic E-state index is 10.9. The Balaban J connectivity index is 1.88. The summed E-state index contributed by atoms with van der Waals surface area (Å²) in [6, 6.07) is 11.2. The van der Waals surface area contributed by atoms with Crippen molar-refractivity contribution in [1.82, 2.24) is 4.98 Å². The van der Waals surface area contributed by atoms with Crippen molar-refractivity contribution in [2.45, 2.75) is 6.61 Å². The number of oxazole rings is 1. The van der Waals surface area contributed by atoms with Crippen LogP contribution < -0.4 is 4.74 Å². The number of benzene rings is 2. The Hall–Kier alpha value is -2.86. The second-order valence-corrected chi connectivity index (χ2v) is 4.37. The third-order valence-corrected chi connectivity index (χ3v) is 2.93. The third-order valence-electron chi connectivity index (χ3n) is 2.93. The van der Waals surface area contributed by atoms with E-state index in [4.69, 9.17) is 19.4 Å². The molecular formula is C15H11NO5. The van der Waals surface area contributed by atoms with Gasteiger partial charge in [0.05, 0.1) is 12.2 Å². The average molecular weight is 285 g/mol. The predicted octanol–water partition coefficient (Wildman–Crippen LogP) is 2.81. The summed E-state index contributed by atoms with van der Waals surface area (Å²) in [6.07, 6.45) is 0.0317. The summed E-state index contributed by atoms with van der Waals surface area (Å²) in [7, 11) is 0. The highest BCUT2D eigenvalue weighted by Gasteiger charge is 2.11. The van der Waals surface area contributed by atoms with Crippen LogP contribution in [0.15, 0.2) is 46.9 Å². The van der Waals surface area contributed by atoms with E-state index in [1.807, 2.05) is 0 Å². The molecule has 0 radical (unpaired) electrons. The Morgan fingerprint density at radius 3 is 2.62 bits per heavy atom. The van der Waals surface area contributed by atoms with Crippen LogP contribution in [0.2, 0.25) is 0 Å². The van der Waals surface area contributed by atoms with Gasteiger partial charge in [-0.15, -0.1) is 0 Å². The number of fused-ring (bicyclic) bond motifs is 1. The number of hydrogen-bond acceptors (Lipinski definition) is 5. The molecule has 3 aromatic rings. The van der Waals surface area contributed by atoms with Crippen molar-refractivity contribution >= 4 is 17.1 Å². The van der Waals surface area contributed by atoms with Gasteiger partial charge in [-0.05, 0) is 35.9 Å². The van der Waals surface area contributed by atoms with E-state index in [-0.39, 0.29) is 18.2 Å². The fraction of sp³-hybridized carbons (Fsp3) is 0.0667. The first kappa shape index (κ1) is 13.1. The number of nitrogens with zero attached hydrogens (tertiary/aromatic N) is 1. The molecule has 6 nitrogen and oxygen atoms in total. The normalized spacial score (nSPS) is 10.7. The molecular weight excluding hydrogens is 274 g/mol. The lowest BCUT2D eigenvalue weighted by Gasteiger charge is -2.01. The van der Waals surface area contributed by atoms with Crippen LogP contribution in [0.4, 0.5) is 0 Å². The summed E-state index contributed by atoms with van der Waals surface area (Å²) in [5.41, 5.74) is 1.75. The number of carboxylic acids is 1. The lowest BCUT2D eigenvalue weighted by molar-refractivity contribution is 0.0697. The quantitative estimate of drug-likeness (QED) is 0.765. The van der Waals surface area contributed by atoms with Crippen LogP contribution >= 0.6 is 0 Å². The van der Waals surface area contributed by atoms with E-state index in [1.165, 1.54) is 12.1 Å². The average Bonchev–Trinajstić information content (AvgIpc) is 2.89. The molecule has 0 amide bonds. The van der Waals surface area contributed by atoms with Crippen molar-refractivity contribution in [3.63, 3.8) is 0 Å². The highest BCUT2D eigenvalue weighted by molar-refractivity contribution is 5.91. The Morgan fingerprint density at radius 1 is 1.19 bits per heavy atom. The molecule has 0 saturated heterocycles. The summed E-state index contributed by atoms with van der Waals surface area (Å²) in [6.45, 7) is -0.0405. The summed E-state index contributed by atoms with van der Waals surface area (Å²) in [5, 5.41) is 17.9. The third kappa shape index (κ3) is 2.70. The van der Waals surface area contributed by atoms with Crippen molar-refractivity contribution in [3.8, 4) is 11.8 Å². The zero-order valence-electron chi connectivity index (χ0n) is 10.8. The summed E-state index contributed by atoms with van der Waals surface area (Å²) < 4.78 is 10.8. The zero-order valence-corrected chi connectivity index (χ0v) is 10.8. The predicted molar refractivity (Wildman–Crippen MR) is 73.4 cm³/mol. The van der Waals surface area contributed by atoms with Gasteiger partial charge in [-0.3, -0.25) is 0 Å². The smallest absolute Gasteiger partial charge is 0.400 e. The van der Waals surface area contributed by atoms with E-state index < -0.39 is 5.97 Å². The Bertz CT molecular complexity index is 791. The number of aromatic nitrogens is 1. The van der Waals surface area contributed by atoms with Crippen LogP contribution in [0.25, 0.3) is 11.1 Å². The van der Waals surface area contributed by atoms with Crippen molar-refractivity contribution in [3.05, 3.63) is 53.6 Å². The van der Waals surface area contributed by atoms with Crippen LogP contribution in [0, 0.1) is 0 Å². The Labute approximate surface area is 119 Å². The molecule has 0 aliphatic heterocycles. The minimum atomic E-state index is -1.03. The van der Waals surface area contributed by atoms with Crippen molar-refractivity contribution in [2.75, 3.05) is 0 Å². The molecule has 21 heavy (non-hydrogen) atoms. The monoisotopic (exact) mass is 285 g/mol. The van der Waals surface area contributed by atoms with Crippen molar-refractivity contribution in [2.24, 2.45) is 0 Å². The lowest BCUT2D eigenvalue weighted by atomic mass is 10.2. The van der Waals surface area contributed by atoms with Gasteiger partial charge in [-0.25, -0.2) is 4.79 Å². The molecule has 0 bridgehead atoms. The molecule has 0 spiro atoms. The number of hydrogen-bond donors (Lipinski definition) is 2. The maximum atomic E-state index is 10.9. The fourth-order valence-corrected chi connectivity index (χ4v) is 1.84. The van der Waals surface area contributed by atoms with Gasteiger partial charge in [0.1, 0.15) is 11.3 Å². The highest BCUT2D eigenvalue weighted by Crippen LogP contribution is 2.26. The molecule has 0 unspecified atom stereocenters. The number of carboxylic acid groups (broad SMARTS) is 1. The second-order valence-electron chi connectivity index (χ2n) is 4.37. The van der Waals surface area contributed by atoms with E-state index >= 15 is 0 Å². The van der Waals surface area contributed by atoms with Gasteiger partial charge in [0.15, 0.2) is 5.58 Å². The van der Waals surface area contributed by atoms with Crippen LogP contribution in [-0.2, 0) is 6.61 Å². The largest absolute Gasteiger partial charge is 0.478 e. The molecule has 0 aliphatic carbocycles. The van der Waals surface area contributed by atoms with Crippen LogP contribution in [-0.4, -0.2) is 21.2 Å². The van der Waals surface area contributed by atoms with Crippen LogP contribution in [0.5, 0.6) is 11.8 Å². The van der Waals surface area contributed by atoms with Gasteiger partial charge < -0.3 is 19.4 Å². The van der Waals surface area contributed by atoms with Gasteiger partial charge in [0.25, 0.3) is 0 Å². The summed E-state index contributed by atoms with van der Waals surface area (Å²) in [5.74, 6) is -0.521. The molecule has 0 aliphatic rings. The minimum Gasteiger partial charge on any atom is -0.478 e. The molecule has 1 heterocycles. The van der Waals surface area contributed by atoms with Crippen LogP contribution in [0.3, 0.4) is 0 Å². The molecule has 6 heteroatoms. The standard InChI is InChI=1S/C15H11NO5/c17-8-9-1-4-11(5-2-9)20-15-16-12-6-3-10(14(18)19)7-13(12)21-15/h1-7,17H,8H2,(H,18,19). The van der Waals surface area contributed by atoms with E-state index in [1.54, 1.807) is 30.3 Å². The molecule has 106 valence electrons. The van der Waals surface area contributed by atoms with Gasteiger partial charge in [0.2, 0.25) is 0 Å². The second kappa shape index (κ2) is 5.26. The Kier molecular flexibility index (Phi) is 3.29. The number of aliphatic hydroxyl groups is 1. The lowest BCUT2D eigenvalue weighted by Crippen LogP contribution is -1.94. The van der Waals surface area contributed by atoms with Gasteiger partial charge in [-0.2, -0.15) is 4.98 Å². The first-order valence-corrected chi connectivity index (χ1v) is 6.17. The SMILES string of the molecule is O=C(O)c1ccc2nc(Oc3ccc(CO)cc3)oc2c1. The fourth-order valence-electron chi connectivity index (χ4n) is 1.84. The first-order chi connectivity index (χ1) is 10.2. The number of aromatic carboxylic acids is 1. The van der Waals surface area contributed by atoms with Gasteiger partial charge in [0, 0.05) is 0 Å². The highest BCUT2D eigenvalue weighted by atomic mass is 16.6. The molecule has 0 fully saturated rings. The molecule has 1 aromatic heterocycles. The van der Waals surface area contributed by atoms with Crippen molar-refractivity contribution in [1.29, 1.82) is 0 Å². The summed E-state index contributed by atoms with van der Waals surface area (Å²) in [4.78, 5) is 15.0. The number of ether oxygens (including phenoxy) is 1. The number of rotatable bonds is 4. The van der Waals surface area contributed by atoms with E-state index in [9.17, 15) is 4.79 Å². The van der Waals surface area contributed by atoms with Crippen LogP contribution in [0.1, 0.15) is 15.9 Å². The zero-order chi connectivity index (χ0) is 14.8. The maximum Gasteiger partial charge on any atom is 0.400 e. The molecule has 0 atom stereocenters. The first-order valence-electron chi connectivity index (χ1n) is 6.17. The van der Waals surface area contributed by atoms with Crippen molar-refractivity contribution < 1.29 is 24.2 Å². The molecule has 0 saturated carbocycles. The topological polar surface area (TPSA) is 92.8 Å². The summed E-state index contributed by atoms with van der Waals surface area (Å²) >= 11 is 0. The van der Waals surface area contributed by atoms with E-state index in [2.05, 4.69) is 4.98 Å². The van der Waals surface area contributed by atoms with E-state index in [0.29, 0.717) is 16.8 Å². The number of aliphatic hydroxyl groups excluding tert-OH is 1. The van der Waals surface area contributed by atoms with E-state index in [0.717, 1.165) is 5.56 Å². The minimum absolute atomic E-state index is 0.0317. The van der Waals surface area contributed by atoms with Gasteiger partial charge >= 0.3 is 12.0 Å². The molecule has 2 aromatic carbocycles. The van der Waals surface area contributed by atoms with Gasteiger partial charge in [-0.1, -0.05) is 12.1 Å². The molecule has 3 rings (SSSR count). The number of carbonyl (C=O) groups is 1. The Morgan fingerprint density at radius 2 is 1.95 bits per heavy atom.